The summed E-state index contributed by atoms with van der Waals surface area (Å²) in [5.41, 5.74) is 1.14. The lowest BCUT2D eigenvalue weighted by Gasteiger charge is -2.29. The van der Waals surface area contributed by atoms with Crippen LogP contribution in [0.3, 0.4) is 0 Å². The minimum Gasteiger partial charge on any atom is -0.461 e. The van der Waals surface area contributed by atoms with Crippen LogP contribution >= 0.6 is 0 Å². The molecule has 4 bridgehead atoms. The van der Waals surface area contributed by atoms with Gasteiger partial charge in [-0.1, -0.05) is 20.8 Å². The maximum atomic E-state index is 12.2. The lowest BCUT2D eigenvalue weighted by Crippen LogP contribution is -2.25. The smallest absolute Gasteiger partial charge is 0.338 e. The summed E-state index contributed by atoms with van der Waals surface area (Å²) in [6, 6.07) is 5.60. The van der Waals surface area contributed by atoms with Crippen molar-refractivity contribution in [3.8, 4) is 0 Å². The fourth-order valence-electron chi connectivity index (χ4n) is 5.87. The molecule has 0 N–H and O–H groups in total. The Bertz CT molecular complexity index is 710. The molecule has 0 amide bonds. The predicted molar refractivity (Wildman–Crippen MR) is 83.9 cm³/mol. The number of nitro benzene ring substituents is 1. The summed E-state index contributed by atoms with van der Waals surface area (Å²) in [6.45, 7) is 7.53. The van der Waals surface area contributed by atoms with Crippen LogP contribution in [0.1, 0.15) is 44.0 Å². The standard InChI is InChI=1S/C18H21NO4/c1-16(2)12-8-14-17(16,3)18(14,9-12)10-23-15(20)11-4-6-13(7-5-11)19(21)22/h4-7,12,14H,8-10H2,1-3H3/t12-,14+,17+,18-/m0/s1. The molecule has 4 saturated carbocycles. The van der Waals surface area contributed by atoms with Gasteiger partial charge in [-0.25, -0.2) is 4.79 Å². The average Bonchev–Trinajstić information content (AvgIpc) is 2.80. The Labute approximate surface area is 135 Å². The summed E-state index contributed by atoms with van der Waals surface area (Å²) in [7, 11) is 0. The van der Waals surface area contributed by atoms with Crippen molar-refractivity contribution in [1.82, 2.24) is 0 Å². The SMILES string of the molecule is CC1(C)[C@H]2C[C@H]3[C@@](COC(=O)c4ccc([N+](=O)[O-])cc4)(C2)[C@]31C. The first-order chi connectivity index (χ1) is 10.7. The van der Waals surface area contributed by atoms with Gasteiger partial charge < -0.3 is 4.74 Å². The normalized spacial score (nSPS) is 38.4. The Hall–Kier alpha value is -1.91. The van der Waals surface area contributed by atoms with Crippen molar-refractivity contribution in [2.24, 2.45) is 28.1 Å². The zero-order valence-electron chi connectivity index (χ0n) is 13.7. The lowest BCUT2D eigenvalue weighted by molar-refractivity contribution is -0.384. The third kappa shape index (κ3) is 1.55. The van der Waals surface area contributed by atoms with Crippen molar-refractivity contribution >= 4 is 11.7 Å². The van der Waals surface area contributed by atoms with Crippen LogP contribution in [-0.4, -0.2) is 17.5 Å². The molecule has 1 aromatic carbocycles. The molecule has 5 heteroatoms. The molecule has 0 aliphatic heterocycles. The first kappa shape index (κ1) is 14.7. The Morgan fingerprint density at radius 1 is 1.30 bits per heavy atom. The first-order valence-corrected chi connectivity index (χ1v) is 8.15. The quantitative estimate of drug-likeness (QED) is 0.481. The largest absolute Gasteiger partial charge is 0.461 e. The second-order valence-corrected chi connectivity index (χ2v) is 8.15. The summed E-state index contributed by atoms with van der Waals surface area (Å²) >= 11 is 0. The number of hydrogen-bond donors (Lipinski definition) is 0. The van der Waals surface area contributed by atoms with Crippen LogP contribution in [-0.2, 0) is 4.74 Å². The highest BCUT2D eigenvalue weighted by molar-refractivity contribution is 5.89. The first-order valence-electron chi connectivity index (χ1n) is 8.15. The van der Waals surface area contributed by atoms with E-state index in [1.54, 1.807) is 0 Å². The number of rotatable bonds is 4. The molecule has 5 rings (SSSR count). The fraction of sp³-hybridized carbons (Fsp3) is 0.611. The molecule has 0 saturated heterocycles. The molecule has 0 radical (unpaired) electrons. The highest BCUT2D eigenvalue weighted by Crippen LogP contribution is 2.92. The van der Waals surface area contributed by atoms with Crippen LogP contribution < -0.4 is 0 Å². The van der Waals surface area contributed by atoms with Gasteiger partial charge in [0.25, 0.3) is 5.69 Å². The van der Waals surface area contributed by atoms with Crippen LogP contribution in [0.5, 0.6) is 0 Å². The van der Waals surface area contributed by atoms with Crippen LogP contribution in [0.15, 0.2) is 24.3 Å². The van der Waals surface area contributed by atoms with E-state index in [4.69, 9.17) is 4.74 Å². The van der Waals surface area contributed by atoms with Crippen LogP contribution in [0.25, 0.3) is 0 Å². The number of non-ortho nitro benzene ring substituents is 1. The van der Waals surface area contributed by atoms with Gasteiger partial charge in [0.05, 0.1) is 17.1 Å². The predicted octanol–water partition coefficient (Wildman–Crippen LogP) is 3.82. The van der Waals surface area contributed by atoms with Crippen LogP contribution in [0, 0.1) is 38.2 Å². The van der Waals surface area contributed by atoms with Crippen molar-refractivity contribution in [3.63, 3.8) is 0 Å². The zero-order chi connectivity index (χ0) is 16.6. The minimum atomic E-state index is -0.475. The van der Waals surface area contributed by atoms with E-state index in [2.05, 4.69) is 20.8 Å². The Morgan fingerprint density at radius 3 is 2.39 bits per heavy atom. The van der Waals surface area contributed by atoms with E-state index in [0.717, 1.165) is 12.3 Å². The summed E-state index contributed by atoms with van der Waals surface area (Å²) in [5, 5.41) is 10.7. The maximum Gasteiger partial charge on any atom is 0.338 e. The van der Waals surface area contributed by atoms with Crippen molar-refractivity contribution in [1.29, 1.82) is 0 Å². The van der Waals surface area contributed by atoms with Gasteiger partial charge in [0.2, 0.25) is 0 Å². The molecule has 0 unspecified atom stereocenters. The zero-order valence-corrected chi connectivity index (χ0v) is 13.7. The average molecular weight is 315 g/mol. The van der Waals surface area contributed by atoms with E-state index in [1.807, 2.05) is 0 Å². The summed E-state index contributed by atoms with van der Waals surface area (Å²) in [5.74, 6) is 1.04. The summed E-state index contributed by atoms with van der Waals surface area (Å²) in [6.07, 6.45) is 2.42. The second kappa shape index (κ2) is 4.13. The molecule has 4 aliphatic rings. The molecule has 5 nitrogen and oxygen atoms in total. The number of nitro groups is 1. The summed E-state index contributed by atoms with van der Waals surface area (Å²) in [4.78, 5) is 22.4. The van der Waals surface area contributed by atoms with E-state index in [1.165, 1.54) is 30.7 Å². The van der Waals surface area contributed by atoms with Gasteiger partial charge in [0.15, 0.2) is 0 Å². The van der Waals surface area contributed by atoms with Crippen molar-refractivity contribution in [2.45, 2.75) is 33.6 Å². The fourth-order valence-corrected chi connectivity index (χ4v) is 5.87. The number of carbonyl (C=O) groups excluding carboxylic acids is 1. The van der Waals surface area contributed by atoms with Crippen molar-refractivity contribution < 1.29 is 14.5 Å². The second-order valence-electron chi connectivity index (χ2n) is 8.15. The molecule has 23 heavy (non-hydrogen) atoms. The summed E-state index contributed by atoms with van der Waals surface area (Å²) < 4.78 is 5.60. The number of benzene rings is 1. The molecular formula is C18H21NO4. The minimum absolute atomic E-state index is 0.0201. The monoisotopic (exact) mass is 315 g/mol. The lowest BCUT2D eigenvalue weighted by atomic mass is 9.75. The molecular weight excluding hydrogens is 294 g/mol. The van der Waals surface area contributed by atoms with E-state index >= 15 is 0 Å². The van der Waals surface area contributed by atoms with Crippen LogP contribution in [0.4, 0.5) is 5.69 Å². The van der Waals surface area contributed by atoms with Crippen molar-refractivity contribution in [3.05, 3.63) is 39.9 Å². The maximum absolute atomic E-state index is 12.2. The molecule has 0 aromatic heterocycles. The van der Waals surface area contributed by atoms with Gasteiger partial charge in [-0.3, -0.25) is 10.1 Å². The van der Waals surface area contributed by atoms with Gasteiger partial charge in [-0.05, 0) is 47.6 Å². The van der Waals surface area contributed by atoms with Crippen molar-refractivity contribution in [2.75, 3.05) is 6.61 Å². The van der Waals surface area contributed by atoms with Crippen LogP contribution in [0.2, 0.25) is 0 Å². The highest BCUT2D eigenvalue weighted by Gasteiger charge is 2.88. The molecule has 4 atom stereocenters. The number of carbonyl (C=O) groups is 1. The van der Waals surface area contributed by atoms with E-state index in [-0.39, 0.29) is 17.1 Å². The molecule has 122 valence electrons. The van der Waals surface area contributed by atoms with Gasteiger partial charge >= 0.3 is 5.97 Å². The molecule has 4 aliphatic carbocycles. The van der Waals surface area contributed by atoms with E-state index in [0.29, 0.717) is 28.9 Å². The van der Waals surface area contributed by atoms with Gasteiger partial charge in [0.1, 0.15) is 0 Å². The van der Waals surface area contributed by atoms with Gasteiger partial charge in [0, 0.05) is 17.5 Å². The Kier molecular flexibility index (Phi) is 2.64. The highest BCUT2D eigenvalue weighted by atomic mass is 16.6. The third-order valence-electron chi connectivity index (χ3n) is 7.58. The third-order valence-corrected chi connectivity index (χ3v) is 7.58. The van der Waals surface area contributed by atoms with E-state index in [9.17, 15) is 14.9 Å². The number of esters is 1. The van der Waals surface area contributed by atoms with Gasteiger partial charge in [-0.15, -0.1) is 0 Å². The number of ether oxygens (including phenoxy) is 1. The molecule has 1 aromatic rings. The Morgan fingerprint density at radius 2 is 1.96 bits per heavy atom. The molecule has 0 heterocycles. The number of nitrogens with zero attached hydrogens (tertiary/aromatic N) is 1. The Balaban J connectivity index is 1.45. The topological polar surface area (TPSA) is 69.4 Å². The van der Waals surface area contributed by atoms with Gasteiger partial charge in [-0.2, -0.15) is 0 Å². The number of hydrogen-bond acceptors (Lipinski definition) is 4. The molecule has 4 fully saturated rings. The molecule has 0 spiro atoms. The van der Waals surface area contributed by atoms with E-state index < -0.39 is 4.92 Å².